The average Bonchev–Trinajstić information content (AvgIpc) is 2.73. The van der Waals surface area contributed by atoms with Gasteiger partial charge >= 0.3 is 0 Å². The van der Waals surface area contributed by atoms with Crippen LogP contribution >= 0.6 is 0 Å². The van der Waals surface area contributed by atoms with Crippen LogP contribution in [0.3, 0.4) is 0 Å². The fourth-order valence-corrected chi connectivity index (χ4v) is 1.57. The third-order valence-corrected chi connectivity index (χ3v) is 2.41. The first kappa shape index (κ1) is 11.6. The molecule has 0 aliphatic rings. The lowest BCUT2D eigenvalue weighted by atomic mass is 10.3. The van der Waals surface area contributed by atoms with Crippen molar-refractivity contribution in [3.63, 3.8) is 0 Å². The molecule has 5 nitrogen and oxygen atoms in total. The first-order valence-corrected chi connectivity index (χ1v) is 5.47. The minimum absolute atomic E-state index is 0.374. The Hall–Kier alpha value is -1.88. The highest BCUT2D eigenvalue weighted by Gasteiger charge is 2.05. The average molecular weight is 232 g/mol. The molecule has 0 fully saturated rings. The van der Waals surface area contributed by atoms with Crippen LogP contribution in [0.15, 0.2) is 24.4 Å². The van der Waals surface area contributed by atoms with Crippen LogP contribution in [-0.4, -0.2) is 14.8 Å². The summed E-state index contributed by atoms with van der Waals surface area (Å²) in [5, 5.41) is 4.24. The molecule has 0 amide bonds. The molecular formula is C12H16N4O. The number of nitrogens with two attached hydrogens (primary N) is 1. The molecule has 0 bridgehead atoms. The Kier molecular flexibility index (Phi) is 3.39. The van der Waals surface area contributed by atoms with E-state index in [9.17, 15) is 0 Å². The molecule has 90 valence electrons. The Morgan fingerprint density at radius 2 is 2.18 bits per heavy atom. The molecule has 2 aromatic rings. The SMILES string of the molecule is Cc1ccc(OCc2ccn(C)n2)c(CN)n1. The van der Waals surface area contributed by atoms with Gasteiger partial charge in [0.25, 0.3) is 0 Å². The number of ether oxygens (including phenoxy) is 1. The number of hydrogen-bond acceptors (Lipinski definition) is 4. The Morgan fingerprint density at radius 3 is 2.82 bits per heavy atom. The van der Waals surface area contributed by atoms with Crippen LogP contribution in [0.5, 0.6) is 5.75 Å². The van der Waals surface area contributed by atoms with Crippen molar-refractivity contribution in [2.75, 3.05) is 0 Å². The molecule has 0 saturated heterocycles. The Balaban J connectivity index is 2.08. The lowest BCUT2D eigenvalue weighted by Crippen LogP contribution is -2.06. The first-order chi connectivity index (χ1) is 8.19. The van der Waals surface area contributed by atoms with Crippen molar-refractivity contribution in [1.29, 1.82) is 0 Å². The number of nitrogens with zero attached hydrogens (tertiary/aromatic N) is 3. The summed E-state index contributed by atoms with van der Waals surface area (Å²) in [6.45, 7) is 2.74. The summed E-state index contributed by atoms with van der Waals surface area (Å²) in [5.74, 6) is 0.726. The molecule has 0 unspecified atom stereocenters. The molecule has 5 heteroatoms. The lowest BCUT2D eigenvalue weighted by Gasteiger charge is -2.09. The zero-order valence-corrected chi connectivity index (χ0v) is 10.1. The van der Waals surface area contributed by atoms with Crippen molar-refractivity contribution in [2.45, 2.75) is 20.1 Å². The topological polar surface area (TPSA) is 66.0 Å². The molecule has 2 aromatic heterocycles. The van der Waals surface area contributed by atoms with Gasteiger partial charge in [-0.25, -0.2) is 0 Å². The van der Waals surface area contributed by atoms with E-state index in [-0.39, 0.29) is 0 Å². The van der Waals surface area contributed by atoms with Gasteiger partial charge in [0.15, 0.2) is 0 Å². The van der Waals surface area contributed by atoms with Crippen molar-refractivity contribution in [3.05, 3.63) is 41.5 Å². The molecule has 0 atom stereocenters. The summed E-state index contributed by atoms with van der Waals surface area (Å²) in [5.41, 5.74) is 8.23. The summed E-state index contributed by atoms with van der Waals surface area (Å²) < 4.78 is 7.41. The van der Waals surface area contributed by atoms with Crippen molar-refractivity contribution >= 4 is 0 Å². The second kappa shape index (κ2) is 4.97. The lowest BCUT2D eigenvalue weighted by molar-refractivity contribution is 0.295. The van der Waals surface area contributed by atoms with Gasteiger partial charge in [0, 0.05) is 25.5 Å². The quantitative estimate of drug-likeness (QED) is 0.859. The van der Waals surface area contributed by atoms with Crippen LogP contribution in [0.4, 0.5) is 0 Å². The summed E-state index contributed by atoms with van der Waals surface area (Å²) in [4.78, 5) is 4.33. The van der Waals surface area contributed by atoms with Crippen LogP contribution in [0, 0.1) is 6.92 Å². The van der Waals surface area contributed by atoms with Crippen molar-refractivity contribution in [3.8, 4) is 5.75 Å². The number of pyridine rings is 1. The summed E-state index contributed by atoms with van der Waals surface area (Å²) in [6.07, 6.45) is 1.88. The number of hydrogen-bond donors (Lipinski definition) is 1. The third kappa shape index (κ3) is 2.82. The first-order valence-electron chi connectivity index (χ1n) is 5.47. The van der Waals surface area contributed by atoms with E-state index >= 15 is 0 Å². The van der Waals surface area contributed by atoms with E-state index in [4.69, 9.17) is 10.5 Å². The Labute approximate surface area is 100 Å². The van der Waals surface area contributed by atoms with Gasteiger partial charge in [-0.3, -0.25) is 9.67 Å². The summed E-state index contributed by atoms with van der Waals surface area (Å²) in [7, 11) is 1.88. The van der Waals surface area contributed by atoms with Crippen LogP contribution in [0.25, 0.3) is 0 Å². The molecule has 0 aromatic carbocycles. The smallest absolute Gasteiger partial charge is 0.142 e. The molecule has 0 saturated carbocycles. The third-order valence-electron chi connectivity index (χ3n) is 2.41. The van der Waals surface area contributed by atoms with Gasteiger partial charge in [0.2, 0.25) is 0 Å². The van der Waals surface area contributed by atoms with E-state index in [1.165, 1.54) is 0 Å². The molecule has 2 heterocycles. The predicted octanol–water partition coefficient (Wildman–Crippen LogP) is 1.16. The maximum absolute atomic E-state index is 5.66. The molecule has 2 N–H and O–H groups in total. The summed E-state index contributed by atoms with van der Waals surface area (Å²) >= 11 is 0. The fraction of sp³-hybridized carbons (Fsp3) is 0.333. The monoisotopic (exact) mass is 232 g/mol. The predicted molar refractivity (Wildman–Crippen MR) is 64.4 cm³/mol. The largest absolute Gasteiger partial charge is 0.485 e. The van der Waals surface area contributed by atoms with Crippen LogP contribution < -0.4 is 10.5 Å². The van der Waals surface area contributed by atoms with Crippen molar-refractivity contribution in [1.82, 2.24) is 14.8 Å². The van der Waals surface area contributed by atoms with E-state index in [0.29, 0.717) is 13.2 Å². The summed E-state index contributed by atoms with van der Waals surface area (Å²) in [6, 6.07) is 5.73. The van der Waals surface area contributed by atoms with Gasteiger partial charge < -0.3 is 10.5 Å². The minimum atomic E-state index is 0.374. The van der Waals surface area contributed by atoms with Gasteiger partial charge in [-0.1, -0.05) is 0 Å². The van der Waals surface area contributed by atoms with Gasteiger partial charge in [0.1, 0.15) is 12.4 Å². The zero-order valence-electron chi connectivity index (χ0n) is 10.1. The van der Waals surface area contributed by atoms with E-state index in [1.807, 2.05) is 38.4 Å². The molecule has 0 radical (unpaired) electrons. The molecule has 17 heavy (non-hydrogen) atoms. The van der Waals surface area contributed by atoms with E-state index in [1.54, 1.807) is 4.68 Å². The van der Waals surface area contributed by atoms with Gasteiger partial charge in [-0.05, 0) is 25.1 Å². The molecule has 0 aliphatic heterocycles. The van der Waals surface area contributed by atoms with Gasteiger partial charge in [-0.2, -0.15) is 5.10 Å². The second-order valence-electron chi connectivity index (χ2n) is 3.87. The molecule has 2 rings (SSSR count). The highest BCUT2D eigenvalue weighted by molar-refractivity contribution is 5.29. The Morgan fingerprint density at radius 1 is 1.35 bits per heavy atom. The van der Waals surface area contributed by atoms with Crippen LogP contribution in [0.1, 0.15) is 17.1 Å². The maximum atomic E-state index is 5.66. The van der Waals surface area contributed by atoms with Gasteiger partial charge in [-0.15, -0.1) is 0 Å². The number of aromatic nitrogens is 3. The highest BCUT2D eigenvalue weighted by Crippen LogP contribution is 2.17. The standard InChI is InChI=1S/C12H16N4O/c1-9-3-4-12(11(7-13)14-9)17-8-10-5-6-16(2)15-10/h3-6H,7-8,13H2,1-2H3. The van der Waals surface area contributed by atoms with Crippen LogP contribution in [-0.2, 0) is 20.2 Å². The highest BCUT2D eigenvalue weighted by atomic mass is 16.5. The number of aryl methyl sites for hydroxylation is 2. The number of rotatable bonds is 4. The van der Waals surface area contributed by atoms with E-state index in [0.717, 1.165) is 22.8 Å². The second-order valence-corrected chi connectivity index (χ2v) is 3.87. The van der Waals surface area contributed by atoms with Gasteiger partial charge in [0.05, 0.1) is 11.4 Å². The molecular weight excluding hydrogens is 216 g/mol. The van der Waals surface area contributed by atoms with Crippen LogP contribution in [0.2, 0.25) is 0 Å². The van der Waals surface area contributed by atoms with E-state index in [2.05, 4.69) is 10.1 Å². The van der Waals surface area contributed by atoms with Crippen molar-refractivity contribution in [2.24, 2.45) is 12.8 Å². The maximum Gasteiger partial charge on any atom is 0.142 e. The molecule has 0 aliphatic carbocycles. The normalized spacial score (nSPS) is 10.5. The van der Waals surface area contributed by atoms with Crippen molar-refractivity contribution < 1.29 is 4.74 Å². The minimum Gasteiger partial charge on any atom is -0.485 e. The fourth-order valence-electron chi connectivity index (χ4n) is 1.57. The van der Waals surface area contributed by atoms with E-state index < -0.39 is 0 Å². The zero-order chi connectivity index (χ0) is 12.3. The molecule has 0 spiro atoms. The Bertz CT molecular complexity index is 507.